The van der Waals surface area contributed by atoms with Crippen molar-refractivity contribution in [3.63, 3.8) is 0 Å². The maximum absolute atomic E-state index is 12.4. The van der Waals surface area contributed by atoms with Crippen LogP contribution in [0, 0.1) is 0 Å². The predicted molar refractivity (Wildman–Crippen MR) is 84.4 cm³/mol. The average Bonchev–Trinajstić information content (AvgIpc) is 2.89. The highest BCUT2D eigenvalue weighted by Crippen LogP contribution is 2.30. The molecule has 0 atom stereocenters. The number of carbonyl (C=O) groups excluding carboxylic acids is 1. The van der Waals surface area contributed by atoms with E-state index in [2.05, 4.69) is 11.6 Å². The summed E-state index contributed by atoms with van der Waals surface area (Å²) in [7, 11) is 0. The molecule has 0 bridgehead atoms. The molecule has 0 N–H and O–H groups in total. The molecular formula is C16H10ClNOS. The molecule has 0 saturated carbocycles. The first-order chi connectivity index (χ1) is 9.65. The number of benzene rings is 1. The van der Waals surface area contributed by atoms with E-state index in [0.717, 1.165) is 15.6 Å². The molecule has 0 saturated heterocycles. The summed E-state index contributed by atoms with van der Waals surface area (Å²) in [4.78, 5) is 17.1. The number of halogens is 1. The topological polar surface area (TPSA) is 30.0 Å². The Labute approximate surface area is 125 Å². The van der Waals surface area contributed by atoms with Crippen molar-refractivity contribution in [3.8, 4) is 0 Å². The van der Waals surface area contributed by atoms with E-state index in [4.69, 9.17) is 11.6 Å². The maximum Gasteiger partial charge on any atom is 0.203 e. The molecular weight excluding hydrogens is 290 g/mol. The number of fused-ring (bicyclic) bond motifs is 1. The minimum Gasteiger partial charge on any atom is -0.288 e. The van der Waals surface area contributed by atoms with Crippen LogP contribution in [0.5, 0.6) is 0 Å². The number of rotatable bonds is 3. The van der Waals surface area contributed by atoms with Crippen molar-refractivity contribution in [1.29, 1.82) is 0 Å². The molecule has 0 aliphatic carbocycles. The Morgan fingerprint density at radius 3 is 2.85 bits per heavy atom. The number of hydrogen-bond donors (Lipinski definition) is 0. The van der Waals surface area contributed by atoms with Crippen molar-refractivity contribution < 1.29 is 4.79 Å². The molecule has 4 heteroatoms. The Hall–Kier alpha value is -1.97. The fraction of sp³-hybridized carbons (Fsp3) is 0. The molecule has 0 amide bonds. The molecule has 0 aliphatic heterocycles. The lowest BCUT2D eigenvalue weighted by Gasteiger charge is -2.01. The van der Waals surface area contributed by atoms with Crippen LogP contribution in [-0.4, -0.2) is 10.8 Å². The first-order valence-electron chi connectivity index (χ1n) is 5.98. The van der Waals surface area contributed by atoms with Gasteiger partial charge in [-0.1, -0.05) is 30.3 Å². The van der Waals surface area contributed by atoms with Crippen LogP contribution < -0.4 is 0 Å². The normalized spacial score (nSPS) is 10.7. The second kappa shape index (κ2) is 5.19. The van der Waals surface area contributed by atoms with Gasteiger partial charge in [0.1, 0.15) is 0 Å². The highest BCUT2D eigenvalue weighted by molar-refractivity contribution is 7.21. The van der Waals surface area contributed by atoms with Crippen molar-refractivity contribution in [2.24, 2.45) is 0 Å². The molecule has 0 aliphatic rings. The summed E-state index contributed by atoms with van der Waals surface area (Å²) in [5.41, 5.74) is 1.20. The lowest BCUT2D eigenvalue weighted by atomic mass is 10.0. The van der Waals surface area contributed by atoms with E-state index in [-0.39, 0.29) is 5.78 Å². The highest BCUT2D eigenvalue weighted by atomic mass is 35.5. The molecule has 20 heavy (non-hydrogen) atoms. The third kappa shape index (κ3) is 2.38. The van der Waals surface area contributed by atoms with Gasteiger partial charge in [-0.25, -0.2) is 0 Å². The zero-order chi connectivity index (χ0) is 14.1. The quantitative estimate of drug-likeness (QED) is 0.511. The van der Waals surface area contributed by atoms with Gasteiger partial charge in [0.15, 0.2) is 0 Å². The SMILES string of the molecule is C=C(C(=O)c1cc2ccc(Cl)cc2s1)c1cccnc1. The Balaban J connectivity index is 1.98. The summed E-state index contributed by atoms with van der Waals surface area (Å²) in [5, 5.41) is 1.69. The van der Waals surface area contributed by atoms with E-state index in [9.17, 15) is 4.79 Å². The number of aromatic nitrogens is 1. The van der Waals surface area contributed by atoms with Crippen molar-refractivity contribution in [2.75, 3.05) is 0 Å². The van der Waals surface area contributed by atoms with E-state index < -0.39 is 0 Å². The first kappa shape index (κ1) is 13.0. The number of pyridine rings is 1. The van der Waals surface area contributed by atoms with Gasteiger partial charge in [-0.2, -0.15) is 0 Å². The molecule has 98 valence electrons. The van der Waals surface area contributed by atoms with E-state index in [1.54, 1.807) is 18.5 Å². The van der Waals surface area contributed by atoms with Crippen LogP contribution in [0.4, 0.5) is 0 Å². The van der Waals surface area contributed by atoms with Crippen LogP contribution >= 0.6 is 22.9 Å². The molecule has 2 nitrogen and oxygen atoms in total. The minimum absolute atomic E-state index is 0.0738. The fourth-order valence-electron chi connectivity index (χ4n) is 1.94. The number of allylic oxidation sites excluding steroid dienone is 1. The fourth-order valence-corrected chi connectivity index (χ4v) is 3.24. The van der Waals surface area contributed by atoms with Crippen LogP contribution in [0.15, 0.2) is 55.4 Å². The summed E-state index contributed by atoms with van der Waals surface area (Å²) < 4.78 is 1.000. The lowest BCUT2D eigenvalue weighted by Crippen LogP contribution is -1.99. The minimum atomic E-state index is -0.0738. The molecule has 3 aromatic rings. The second-order valence-corrected chi connectivity index (χ2v) is 5.86. The largest absolute Gasteiger partial charge is 0.288 e. The molecule has 2 aromatic heterocycles. The molecule has 0 spiro atoms. The lowest BCUT2D eigenvalue weighted by molar-refractivity contribution is 0.106. The molecule has 0 radical (unpaired) electrons. The van der Waals surface area contributed by atoms with Gasteiger partial charge in [0, 0.05) is 33.3 Å². The average molecular weight is 300 g/mol. The first-order valence-corrected chi connectivity index (χ1v) is 7.18. The Morgan fingerprint density at radius 2 is 2.10 bits per heavy atom. The molecule has 0 fully saturated rings. The van der Waals surface area contributed by atoms with Gasteiger partial charge >= 0.3 is 0 Å². The molecule has 1 aromatic carbocycles. The van der Waals surface area contributed by atoms with Crippen molar-refractivity contribution in [2.45, 2.75) is 0 Å². The Morgan fingerprint density at radius 1 is 1.25 bits per heavy atom. The molecule has 3 rings (SSSR count). The van der Waals surface area contributed by atoms with Crippen LogP contribution in [0.2, 0.25) is 5.02 Å². The van der Waals surface area contributed by atoms with E-state index in [1.807, 2.05) is 30.3 Å². The van der Waals surface area contributed by atoms with Crippen molar-refractivity contribution >= 4 is 44.4 Å². The molecule has 0 unspecified atom stereocenters. The molecule has 2 heterocycles. The van der Waals surface area contributed by atoms with Gasteiger partial charge in [-0.15, -0.1) is 11.3 Å². The third-order valence-corrected chi connectivity index (χ3v) is 4.32. The van der Waals surface area contributed by atoms with E-state index in [0.29, 0.717) is 15.5 Å². The predicted octanol–water partition coefficient (Wildman–Crippen LogP) is 4.85. The smallest absolute Gasteiger partial charge is 0.203 e. The van der Waals surface area contributed by atoms with Gasteiger partial charge in [-0.3, -0.25) is 9.78 Å². The zero-order valence-corrected chi connectivity index (χ0v) is 12.0. The number of ketones is 1. The zero-order valence-electron chi connectivity index (χ0n) is 10.5. The van der Waals surface area contributed by atoms with Gasteiger partial charge in [0.2, 0.25) is 5.78 Å². The van der Waals surface area contributed by atoms with Crippen molar-refractivity contribution in [3.05, 3.63) is 70.8 Å². The maximum atomic E-state index is 12.4. The Kier molecular flexibility index (Phi) is 3.38. The van der Waals surface area contributed by atoms with Gasteiger partial charge in [0.25, 0.3) is 0 Å². The summed E-state index contributed by atoms with van der Waals surface area (Å²) in [6, 6.07) is 11.1. The van der Waals surface area contributed by atoms with Gasteiger partial charge < -0.3 is 0 Å². The van der Waals surface area contributed by atoms with Crippen molar-refractivity contribution in [1.82, 2.24) is 4.98 Å². The second-order valence-electron chi connectivity index (χ2n) is 4.34. The summed E-state index contributed by atoms with van der Waals surface area (Å²) in [5.74, 6) is -0.0738. The summed E-state index contributed by atoms with van der Waals surface area (Å²) in [6.07, 6.45) is 3.31. The summed E-state index contributed by atoms with van der Waals surface area (Å²) >= 11 is 7.39. The van der Waals surface area contributed by atoms with Gasteiger partial charge in [-0.05, 0) is 29.7 Å². The third-order valence-electron chi connectivity index (χ3n) is 2.99. The van der Waals surface area contributed by atoms with E-state index in [1.165, 1.54) is 11.3 Å². The Bertz CT molecular complexity index is 808. The van der Waals surface area contributed by atoms with Crippen LogP contribution in [0.3, 0.4) is 0 Å². The highest BCUT2D eigenvalue weighted by Gasteiger charge is 2.15. The standard InChI is InChI=1S/C16H10ClNOS/c1-10(12-3-2-6-18-9-12)16(19)15-7-11-4-5-13(17)8-14(11)20-15/h2-9H,1H2. The van der Waals surface area contributed by atoms with E-state index >= 15 is 0 Å². The monoisotopic (exact) mass is 299 g/mol. The number of nitrogens with zero attached hydrogens (tertiary/aromatic N) is 1. The summed E-state index contributed by atoms with van der Waals surface area (Å²) in [6.45, 7) is 3.88. The number of thiophene rings is 1. The van der Waals surface area contributed by atoms with Crippen LogP contribution in [0.1, 0.15) is 15.2 Å². The van der Waals surface area contributed by atoms with Gasteiger partial charge in [0.05, 0.1) is 4.88 Å². The van der Waals surface area contributed by atoms with Crippen LogP contribution in [-0.2, 0) is 0 Å². The number of carbonyl (C=O) groups is 1. The number of Topliss-reactive ketones (excluding diaryl/α,β-unsaturated/α-hetero) is 1. The number of hydrogen-bond acceptors (Lipinski definition) is 3. The van der Waals surface area contributed by atoms with Crippen LogP contribution in [0.25, 0.3) is 15.7 Å².